The Hall–Kier alpha value is -0.590. The number of sulfonamides is 1. The van der Waals surface area contributed by atoms with Gasteiger partial charge in [0.25, 0.3) is 0 Å². The van der Waals surface area contributed by atoms with Crippen LogP contribution in [0.2, 0.25) is 0 Å². The molecule has 0 bridgehead atoms. The van der Waals surface area contributed by atoms with Gasteiger partial charge in [-0.1, -0.05) is 13.8 Å². The van der Waals surface area contributed by atoms with Gasteiger partial charge in [0, 0.05) is 19.5 Å². The van der Waals surface area contributed by atoms with Crippen molar-refractivity contribution in [1.82, 2.24) is 14.5 Å². The first kappa shape index (κ1) is 17.5. The van der Waals surface area contributed by atoms with Crippen LogP contribution >= 0.6 is 11.6 Å². The molecule has 1 N–H and O–H groups in total. The van der Waals surface area contributed by atoms with Gasteiger partial charge in [-0.05, 0) is 32.1 Å². The Morgan fingerprint density at radius 3 is 2.40 bits per heavy atom. The summed E-state index contributed by atoms with van der Waals surface area (Å²) in [7, 11) is -1.78. The molecule has 0 aliphatic carbocycles. The van der Waals surface area contributed by atoms with Gasteiger partial charge in [-0.2, -0.15) is 5.10 Å². The van der Waals surface area contributed by atoms with Crippen molar-refractivity contribution in [2.45, 2.75) is 45.4 Å². The van der Waals surface area contributed by atoms with Crippen molar-refractivity contribution < 1.29 is 8.42 Å². The molecule has 0 saturated carbocycles. The molecular weight excluding hydrogens is 298 g/mol. The van der Waals surface area contributed by atoms with E-state index < -0.39 is 10.0 Å². The first-order valence-electron chi connectivity index (χ1n) is 6.66. The van der Waals surface area contributed by atoms with Crippen LogP contribution in [-0.4, -0.2) is 30.6 Å². The van der Waals surface area contributed by atoms with Crippen molar-refractivity contribution in [3.05, 3.63) is 11.4 Å². The van der Waals surface area contributed by atoms with E-state index in [0.29, 0.717) is 23.8 Å². The third-order valence-corrected chi connectivity index (χ3v) is 5.36. The maximum atomic E-state index is 12.4. The highest BCUT2D eigenvalue weighted by Gasteiger charge is 2.26. The number of alkyl halides is 1. The van der Waals surface area contributed by atoms with Gasteiger partial charge in [0.2, 0.25) is 10.0 Å². The van der Waals surface area contributed by atoms with Gasteiger partial charge in [0.05, 0.1) is 11.4 Å². The summed E-state index contributed by atoms with van der Waals surface area (Å²) in [5.41, 5.74) is 1.05. The Labute approximate surface area is 126 Å². The first-order chi connectivity index (χ1) is 9.10. The summed E-state index contributed by atoms with van der Waals surface area (Å²) in [5, 5.41) is 4.15. The number of halogens is 1. The molecule has 116 valence electrons. The van der Waals surface area contributed by atoms with E-state index in [4.69, 9.17) is 11.6 Å². The Kier molecular flexibility index (Phi) is 5.63. The van der Waals surface area contributed by atoms with Gasteiger partial charge in [0.1, 0.15) is 4.90 Å². The summed E-state index contributed by atoms with van der Waals surface area (Å²) in [6.07, 6.45) is 1.76. The van der Waals surface area contributed by atoms with Gasteiger partial charge in [-0.15, -0.1) is 11.6 Å². The van der Waals surface area contributed by atoms with Gasteiger partial charge in [-0.25, -0.2) is 13.1 Å². The molecule has 1 rings (SSSR count). The van der Waals surface area contributed by atoms with Crippen LogP contribution in [-0.2, 0) is 17.1 Å². The minimum atomic E-state index is -3.53. The fourth-order valence-electron chi connectivity index (χ4n) is 2.14. The van der Waals surface area contributed by atoms with E-state index in [2.05, 4.69) is 9.82 Å². The molecule has 0 saturated heterocycles. The second kappa shape index (κ2) is 6.45. The highest BCUT2D eigenvalue weighted by atomic mass is 35.5. The number of aromatic nitrogens is 2. The van der Waals surface area contributed by atoms with Crippen molar-refractivity contribution in [1.29, 1.82) is 0 Å². The SMILES string of the molecule is Cc1nn(C)c(C)c1S(=O)(=O)NCC(C)(C)CCCCl. The standard InChI is InChI=1S/C13H24ClN3O2S/c1-10-12(11(2)17(5)16-10)20(18,19)15-9-13(3,4)7-6-8-14/h15H,6-9H2,1-5H3. The quantitative estimate of drug-likeness (QED) is 0.784. The van der Waals surface area contributed by atoms with E-state index in [0.717, 1.165) is 12.8 Å². The van der Waals surface area contributed by atoms with E-state index in [1.165, 1.54) is 0 Å². The van der Waals surface area contributed by atoms with Gasteiger partial charge < -0.3 is 0 Å². The largest absolute Gasteiger partial charge is 0.271 e. The maximum absolute atomic E-state index is 12.4. The lowest BCUT2D eigenvalue weighted by atomic mass is 9.88. The van der Waals surface area contributed by atoms with Gasteiger partial charge in [0.15, 0.2) is 0 Å². The van der Waals surface area contributed by atoms with Crippen molar-refractivity contribution in [3.63, 3.8) is 0 Å². The summed E-state index contributed by atoms with van der Waals surface area (Å²) < 4.78 is 29.1. The Balaban J connectivity index is 2.86. The lowest BCUT2D eigenvalue weighted by Gasteiger charge is -2.24. The third kappa shape index (κ3) is 4.20. The summed E-state index contributed by atoms with van der Waals surface area (Å²) in [5.74, 6) is 0.594. The number of hydrogen-bond acceptors (Lipinski definition) is 3. The molecule has 0 unspecified atom stereocenters. The summed E-state index contributed by atoms with van der Waals surface area (Å²) in [6, 6.07) is 0. The molecule has 0 radical (unpaired) electrons. The molecule has 20 heavy (non-hydrogen) atoms. The minimum absolute atomic E-state index is 0.119. The van der Waals surface area contributed by atoms with E-state index in [1.54, 1.807) is 25.6 Å². The lowest BCUT2D eigenvalue weighted by Crippen LogP contribution is -2.34. The molecule has 0 atom stereocenters. The third-order valence-electron chi connectivity index (χ3n) is 3.44. The number of aryl methyl sites for hydroxylation is 2. The minimum Gasteiger partial charge on any atom is -0.271 e. The average molecular weight is 322 g/mol. The highest BCUT2D eigenvalue weighted by molar-refractivity contribution is 7.89. The van der Waals surface area contributed by atoms with Crippen molar-refractivity contribution in [3.8, 4) is 0 Å². The van der Waals surface area contributed by atoms with E-state index >= 15 is 0 Å². The van der Waals surface area contributed by atoms with Crippen LogP contribution in [0, 0.1) is 19.3 Å². The lowest BCUT2D eigenvalue weighted by molar-refractivity contribution is 0.331. The van der Waals surface area contributed by atoms with Gasteiger partial charge >= 0.3 is 0 Å². The second-order valence-electron chi connectivity index (χ2n) is 5.90. The van der Waals surface area contributed by atoms with Crippen LogP contribution in [0.4, 0.5) is 0 Å². The smallest absolute Gasteiger partial charge is 0.244 e. The fraction of sp³-hybridized carbons (Fsp3) is 0.769. The zero-order valence-electron chi connectivity index (χ0n) is 12.8. The van der Waals surface area contributed by atoms with Crippen LogP contribution in [0.5, 0.6) is 0 Å². The molecule has 0 spiro atoms. The molecule has 0 aliphatic heterocycles. The van der Waals surface area contributed by atoms with E-state index in [1.807, 2.05) is 13.8 Å². The summed E-state index contributed by atoms with van der Waals surface area (Å²) in [6.45, 7) is 7.92. The number of nitrogens with zero attached hydrogens (tertiary/aromatic N) is 2. The Bertz CT molecular complexity index is 564. The number of rotatable bonds is 7. The zero-order chi connectivity index (χ0) is 15.6. The molecular formula is C13H24ClN3O2S. The molecule has 0 amide bonds. The van der Waals surface area contributed by atoms with Crippen LogP contribution in [0.25, 0.3) is 0 Å². The molecule has 0 fully saturated rings. The number of nitrogens with one attached hydrogen (secondary N) is 1. The van der Waals surface area contributed by atoms with Gasteiger partial charge in [-0.3, -0.25) is 4.68 Å². The zero-order valence-corrected chi connectivity index (χ0v) is 14.4. The topological polar surface area (TPSA) is 64.0 Å². The fourth-order valence-corrected chi connectivity index (χ4v) is 3.95. The molecule has 5 nitrogen and oxygen atoms in total. The van der Waals surface area contributed by atoms with Crippen LogP contribution in [0.3, 0.4) is 0 Å². The normalized spacial score (nSPS) is 12.9. The van der Waals surface area contributed by atoms with Crippen molar-refractivity contribution in [2.24, 2.45) is 12.5 Å². The Morgan fingerprint density at radius 1 is 1.35 bits per heavy atom. The average Bonchev–Trinajstić information content (AvgIpc) is 2.59. The highest BCUT2D eigenvalue weighted by Crippen LogP contribution is 2.24. The summed E-state index contributed by atoms with van der Waals surface area (Å²) in [4.78, 5) is 0.285. The predicted octanol–water partition coefficient (Wildman–Crippen LogP) is 2.36. The first-order valence-corrected chi connectivity index (χ1v) is 8.68. The van der Waals surface area contributed by atoms with E-state index in [9.17, 15) is 8.42 Å². The van der Waals surface area contributed by atoms with Crippen LogP contribution in [0.1, 0.15) is 38.1 Å². The van der Waals surface area contributed by atoms with E-state index in [-0.39, 0.29) is 10.3 Å². The molecule has 1 heterocycles. The summed E-state index contributed by atoms with van der Waals surface area (Å²) >= 11 is 5.69. The predicted molar refractivity (Wildman–Crippen MR) is 81.6 cm³/mol. The molecule has 0 aliphatic rings. The maximum Gasteiger partial charge on any atom is 0.244 e. The molecule has 0 aromatic carbocycles. The van der Waals surface area contributed by atoms with Crippen molar-refractivity contribution in [2.75, 3.05) is 12.4 Å². The van der Waals surface area contributed by atoms with Crippen molar-refractivity contribution >= 4 is 21.6 Å². The second-order valence-corrected chi connectivity index (χ2v) is 7.99. The van der Waals surface area contributed by atoms with Crippen LogP contribution in [0.15, 0.2) is 4.90 Å². The van der Waals surface area contributed by atoms with Crippen LogP contribution < -0.4 is 4.72 Å². The number of hydrogen-bond donors (Lipinski definition) is 1. The molecule has 1 aromatic rings. The Morgan fingerprint density at radius 2 is 1.95 bits per heavy atom. The molecule has 7 heteroatoms. The molecule has 1 aromatic heterocycles. The monoisotopic (exact) mass is 321 g/mol.